The first-order valence-electron chi connectivity index (χ1n) is 10.4. The Morgan fingerprint density at radius 3 is 2.61 bits per heavy atom. The SMILES string of the molecule is O=C(CSc1ncc(-c2ccccc2)n1Cc1ccco1)N1CCc2ccccc2C1. The first kappa shape index (κ1) is 19.7. The number of hydrogen-bond donors (Lipinski definition) is 0. The minimum Gasteiger partial charge on any atom is -0.467 e. The molecule has 3 heterocycles. The zero-order valence-corrected chi connectivity index (χ0v) is 17.9. The van der Waals surface area contributed by atoms with Crippen LogP contribution in [0.1, 0.15) is 16.9 Å². The number of fused-ring (bicyclic) bond motifs is 1. The Morgan fingerprint density at radius 1 is 1.00 bits per heavy atom. The molecule has 0 fully saturated rings. The summed E-state index contributed by atoms with van der Waals surface area (Å²) in [5.41, 5.74) is 4.70. The van der Waals surface area contributed by atoms with Crippen LogP contribution < -0.4 is 0 Å². The molecule has 2 aromatic heterocycles. The molecule has 0 saturated heterocycles. The van der Waals surface area contributed by atoms with E-state index in [1.165, 1.54) is 22.9 Å². The Hall–Kier alpha value is -3.25. The number of thioether (sulfide) groups is 1. The molecule has 5 rings (SSSR count). The highest BCUT2D eigenvalue weighted by Crippen LogP contribution is 2.28. The first-order chi connectivity index (χ1) is 15.3. The highest BCUT2D eigenvalue weighted by atomic mass is 32.2. The van der Waals surface area contributed by atoms with E-state index in [1.807, 2.05) is 47.5 Å². The summed E-state index contributed by atoms with van der Waals surface area (Å²) in [6, 6.07) is 22.4. The molecule has 6 heteroatoms. The predicted octanol–water partition coefficient (Wildman–Crippen LogP) is 4.87. The van der Waals surface area contributed by atoms with Crippen molar-refractivity contribution in [1.82, 2.24) is 14.5 Å². The Balaban J connectivity index is 1.33. The number of carbonyl (C=O) groups is 1. The molecule has 1 aliphatic rings. The monoisotopic (exact) mass is 429 g/mol. The van der Waals surface area contributed by atoms with Crippen LogP contribution in [-0.4, -0.2) is 32.7 Å². The summed E-state index contributed by atoms with van der Waals surface area (Å²) in [5.74, 6) is 1.37. The van der Waals surface area contributed by atoms with Gasteiger partial charge in [0.2, 0.25) is 5.91 Å². The fourth-order valence-electron chi connectivity index (χ4n) is 3.95. The highest BCUT2D eigenvalue weighted by Gasteiger charge is 2.22. The maximum atomic E-state index is 12.9. The maximum absolute atomic E-state index is 12.9. The molecule has 0 radical (unpaired) electrons. The average molecular weight is 430 g/mol. The molecule has 0 atom stereocenters. The number of hydrogen-bond acceptors (Lipinski definition) is 4. The maximum Gasteiger partial charge on any atom is 0.233 e. The van der Waals surface area contributed by atoms with Crippen LogP contribution in [0.5, 0.6) is 0 Å². The van der Waals surface area contributed by atoms with Crippen molar-refractivity contribution >= 4 is 17.7 Å². The van der Waals surface area contributed by atoms with Gasteiger partial charge in [0.1, 0.15) is 5.76 Å². The molecule has 1 aliphatic heterocycles. The Bertz CT molecular complexity index is 1170. The zero-order valence-electron chi connectivity index (χ0n) is 17.1. The second-order valence-electron chi connectivity index (χ2n) is 7.58. The van der Waals surface area contributed by atoms with Gasteiger partial charge in [-0.3, -0.25) is 4.79 Å². The summed E-state index contributed by atoms with van der Waals surface area (Å²) in [5, 5.41) is 0.820. The predicted molar refractivity (Wildman–Crippen MR) is 122 cm³/mol. The summed E-state index contributed by atoms with van der Waals surface area (Å²) in [7, 11) is 0. The molecule has 31 heavy (non-hydrogen) atoms. The quantitative estimate of drug-likeness (QED) is 0.411. The minimum atomic E-state index is 0.147. The number of benzene rings is 2. The first-order valence-corrected chi connectivity index (χ1v) is 11.4. The Morgan fingerprint density at radius 2 is 1.81 bits per heavy atom. The normalized spacial score (nSPS) is 13.2. The van der Waals surface area contributed by atoms with Gasteiger partial charge in [0.05, 0.1) is 30.5 Å². The van der Waals surface area contributed by atoms with E-state index in [9.17, 15) is 4.79 Å². The van der Waals surface area contributed by atoms with Crippen molar-refractivity contribution in [3.8, 4) is 11.3 Å². The van der Waals surface area contributed by atoms with Crippen LogP contribution in [0.3, 0.4) is 0 Å². The third-order valence-corrected chi connectivity index (χ3v) is 6.57. The van der Waals surface area contributed by atoms with Crippen molar-refractivity contribution < 1.29 is 9.21 Å². The van der Waals surface area contributed by atoms with Gasteiger partial charge in [-0.1, -0.05) is 66.4 Å². The molecule has 0 aliphatic carbocycles. The van der Waals surface area contributed by atoms with Crippen LogP contribution in [0.4, 0.5) is 0 Å². The van der Waals surface area contributed by atoms with Crippen LogP contribution in [0.25, 0.3) is 11.3 Å². The van der Waals surface area contributed by atoms with Gasteiger partial charge in [0.15, 0.2) is 5.16 Å². The summed E-state index contributed by atoms with van der Waals surface area (Å²) < 4.78 is 7.70. The van der Waals surface area contributed by atoms with E-state index in [0.29, 0.717) is 18.8 Å². The van der Waals surface area contributed by atoms with E-state index in [-0.39, 0.29) is 5.91 Å². The number of furan rings is 1. The van der Waals surface area contributed by atoms with E-state index in [1.54, 1.807) is 6.26 Å². The molecule has 5 nitrogen and oxygen atoms in total. The lowest BCUT2D eigenvalue weighted by atomic mass is 10.00. The van der Waals surface area contributed by atoms with Crippen molar-refractivity contribution in [2.75, 3.05) is 12.3 Å². The lowest BCUT2D eigenvalue weighted by Crippen LogP contribution is -2.37. The van der Waals surface area contributed by atoms with Gasteiger partial charge in [-0.05, 0) is 35.2 Å². The average Bonchev–Trinajstić information content (AvgIpc) is 3.48. The molecule has 1 amide bonds. The van der Waals surface area contributed by atoms with Crippen LogP contribution >= 0.6 is 11.8 Å². The third-order valence-electron chi connectivity index (χ3n) is 5.59. The van der Waals surface area contributed by atoms with E-state index < -0.39 is 0 Å². The lowest BCUT2D eigenvalue weighted by molar-refractivity contribution is -0.129. The summed E-state index contributed by atoms with van der Waals surface area (Å²) in [6.07, 6.45) is 4.47. The molecule has 0 unspecified atom stereocenters. The van der Waals surface area contributed by atoms with Crippen molar-refractivity contribution in [3.63, 3.8) is 0 Å². The molecule has 0 spiro atoms. The van der Waals surface area contributed by atoms with Gasteiger partial charge in [0.25, 0.3) is 0 Å². The smallest absolute Gasteiger partial charge is 0.233 e. The molecular formula is C25H23N3O2S. The molecule has 4 aromatic rings. The molecule has 156 valence electrons. The summed E-state index contributed by atoms with van der Waals surface area (Å²) in [6.45, 7) is 2.03. The third kappa shape index (κ3) is 4.30. The summed E-state index contributed by atoms with van der Waals surface area (Å²) >= 11 is 1.49. The van der Waals surface area contributed by atoms with Gasteiger partial charge in [-0.15, -0.1) is 0 Å². The van der Waals surface area contributed by atoms with Crippen LogP contribution in [0, 0.1) is 0 Å². The Kier molecular flexibility index (Phi) is 5.63. The van der Waals surface area contributed by atoms with Gasteiger partial charge >= 0.3 is 0 Å². The lowest BCUT2D eigenvalue weighted by Gasteiger charge is -2.28. The Labute approximate surface area is 185 Å². The molecule has 0 saturated carbocycles. The number of rotatable bonds is 6. The van der Waals surface area contributed by atoms with Gasteiger partial charge in [-0.2, -0.15) is 0 Å². The number of carbonyl (C=O) groups excluding carboxylic acids is 1. The van der Waals surface area contributed by atoms with Gasteiger partial charge < -0.3 is 13.9 Å². The second-order valence-corrected chi connectivity index (χ2v) is 8.52. The molecule has 0 bridgehead atoms. The van der Waals surface area contributed by atoms with E-state index in [2.05, 4.69) is 39.9 Å². The molecule has 0 N–H and O–H groups in total. The zero-order chi connectivity index (χ0) is 21.0. The standard InChI is InChI=1S/C25H23N3O2S/c29-24(27-13-12-19-7-4-5-10-21(19)16-27)18-31-25-26-15-23(20-8-2-1-3-9-20)28(25)17-22-11-6-14-30-22/h1-11,14-15H,12-13,16-18H2. The number of imidazole rings is 1. The molecule has 2 aromatic carbocycles. The van der Waals surface area contributed by atoms with E-state index in [0.717, 1.165) is 35.1 Å². The highest BCUT2D eigenvalue weighted by molar-refractivity contribution is 7.99. The van der Waals surface area contributed by atoms with Crippen molar-refractivity contribution in [2.24, 2.45) is 0 Å². The second kappa shape index (κ2) is 8.86. The number of amides is 1. The number of nitrogens with zero attached hydrogens (tertiary/aromatic N) is 3. The fraction of sp³-hybridized carbons (Fsp3) is 0.200. The van der Waals surface area contributed by atoms with E-state index >= 15 is 0 Å². The van der Waals surface area contributed by atoms with Crippen LogP contribution in [0.15, 0.2) is 88.8 Å². The van der Waals surface area contributed by atoms with E-state index in [4.69, 9.17) is 4.42 Å². The van der Waals surface area contributed by atoms with Crippen LogP contribution in [0.2, 0.25) is 0 Å². The van der Waals surface area contributed by atoms with Gasteiger partial charge in [0, 0.05) is 13.1 Å². The van der Waals surface area contributed by atoms with Crippen molar-refractivity contribution in [3.05, 3.63) is 96.1 Å². The topological polar surface area (TPSA) is 51.3 Å². The van der Waals surface area contributed by atoms with Gasteiger partial charge in [-0.25, -0.2) is 4.98 Å². The van der Waals surface area contributed by atoms with Crippen LogP contribution in [-0.2, 0) is 24.3 Å². The minimum absolute atomic E-state index is 0.147. The van der Waals surface area contributed by atoms with Crippen molar-refractivity contribution in [1.29, 1.82) is 0 Å². The largest absolute Gasteiger partial charge is 0.467 e. The fourth-order valence-corrected chi connectivity index (χ4v) is 4.83. The molecular weight excluding hydrogens is 406 g/mol. The number of aromatic nitrogens is 2. The van der Waals surface area contributed by atoms with Crippen molar-refractivity contribution in [2.45, 2.75) is 24.7 Å². The summed E-state index contributed by atoms with van der Waals surface area (Å²) in [4.78, 5) is 19.5.